The number of fused-ring (bicyclic) bond motifs is 1. The van der Waals surface area contributed by atoms with E-state index >= 15 is 0 Å². The molecule has 3 aromatic rings. The Morgan fingerprint density at radius 2 is 2.00 bits per heavy atom. The molecule has 0 aliphatic rings. The minimum absolute atomic E-state index is 0.0426. The van der Waals surface area contributed by atoms with E-state index in [1.54, 1.807) is 24.5 Å². The number of carbonyl (C=O) groups is 2. The maximum absolute atomic E-state index is 11.7. The maximum atomic E-state index is 11.7. The summed E-state index contributed by atoms with van der Waals surface area (Å²) in [7, 11) is 0. The highest BCUT2D eigenvalue weighted by molar-refractivity contribution is 5.96. The van der Waals surface area contributed by atoms with Gasteiger partial charge in [-0.05, 0) is 24.6 Å². The first-order valence-corrected chi connectivity index (χ1v) is 8.18. The summed E-state index contributed by atoms with van der Waals surface area (Å²) >= 11 is 0. The van der Waals surface area contributed by atoms with Crippen LogP contribution < -0.4 is 22.1 Å². The number of carbonyl (C=O) groups excluding carboxylic acids is 2. The van der Waals surface area contributed by atoms with Crippen molar-refractivity contribution < 1.29 is 9.59 Å². The number of amides is 2. The van der Waals surface area contributed by atoms with E-state index in [4.69, 9.17) is 11.5 Å². The molecule has 0 saturated heterocycles. The number of nitrogens with two attached hydrogens (primary N) is 2. The summed E-state index contributed by atoms with van der Waals surface area (Å²) in [6, 6.07) is 4.85. The fraction of sp³-hybridized carbons (Fsp3) is 0.176. The quantitative estimate of drug-likeness (QED) is 0.480. The second-order valence-electron chi connectivity index (χ2n) is 5.72. The summed E-state index contributed by atoms with van der Waals surface area (Å²) < 4.78 is 0. The van der Waals surface area contributed by atoms with Gasteiger partial charge in [0.2, 0.25) is 5.91 Å². The largest absolute Gasteiger partial charge is 0.368 e. The van der Waals surface area contributed by atoms with Crippen LogP contribution in [0.3, 0.4) is 0 Å². The van der Waals surface area contributed by atoms with E-state index in [0.29, 0.717) is 17.8 Å². The average molecular weight is 366 g/mol. The molecular weight excluding hydrogens is 348 g/mol. The lowest BCUT2D eigenvalue weighted by Crippen LogP contribution is -2.35. The molecule has 3 heterocycles. The van der Waals surface area contributed by atoms with Gasteiger partial charge in [0.15, 0.2) is 17.2 Å². The Morgan fingerprint density at radius 3 is 2.70 bits per heavy atom. The molecule has 10 nitrogen and oxygen atoms in total. The number of aromatic nitrogens is 4. The topological polar surface area (TPSA) is 162 Å². The fourth-order valence-electron chi connectivity index (χ4n) is 2.45. The third kappa shape index (κ3) is 4.06. The second-order valence-corrected chi connectivity index (χ2v) is 5.72. The first-order valence-electron chi connectivity index (χ1n) is 8.18. The Hall–Kier alpha value is -3.82. The highest BCUT2D eigenvalue weighted by Gasteiger charge is 2.17. The lowest BCUT2D eigenvalue weighted by molar-refractivity contribution is -0.118. The Kier molecular flexibility index (Phi) is 5.06. The highest BCUT2D eigenvalue weighted by Crippen LogP contribution is 2.21. The van der Waals surface area contributed by atoms with Crippen LogP contribution in [-0.4, -0.2) is 37.8 Å². The minimum Gasteiger partial charge on any atom is -0.368 e. The van der Waals surface area contributed by atoms with Gasteiger partial charge in [-0.15, -0.1) is 0 Å². The SMILES string of the molecule is CC[C@@H](Nc1cnc(C(N)=O)c(Nc2cnc3ncccc3c2)n1)C(N)=O. The summed E-state index contributed by atoms with van der Waals surface area (Å²) in [5.74, 6) is -0.839. The number of pyridine rings is 2. The predicted molar refractivity (Wildman–Crippen MR) is 100 cm³/mol. The van der Waals surface area contributed by atoms with Crippen molar-refractivity contribution in [3.8, 4) is 0 Å². The van der Waals surface area contributed by atoms with E-state index in [1.807, 2.05) is 13.0 Å². The van der Waals surface area contributed by atoms with Gasteiger partial charge < -0.3 is 22.1 Å². The fourth-order valence-corrected chi connectivity index (χ4v) is 2.45. The van der Waals surface area contributed by atoms with Crippen LogP contribution in [-0.2, 0) is 4.79 Å². The van der Waals surface area contributed by atoms with Crippen molar-refractivity contribution in [3.05, 3.63) is 42.5 Å². The van der Waals surface area contributed by atoms with Crippen LogP contribution in [0.25, 0.3) is 11.0 Å². The molecule has 0 saturated carbocycles. The first kappa shape index (κ1) is 18.0. The Labute approximate surface area is 154 Å². The van der Waals surface area contributed by atoms with Crippen molar-refractivity contribution in [2.24, 2.45) is 11.5 Å². The van der Waals surface area contributed by atoms with Gasteiger partial charge in [-0.3, -0.25) is 9.59 Å². The van der Waals surface area contributed by atoms with Crippen LogP contribution >= 0.6 is 0 Å². The van der Waals surface area contributed by atoms with Crippen LogP contribution in [0.4, 0.5) is 17.3 Å². The number of nitrogens with one attached hydrogen (secondary N) is 2. The second kappa shape index (κ2) is 7.60. The number of hydrogen-bond acceptors (Lipinski definition) is 8. The molecule has 0 unspecified atom stereocenters. The molecule has 6 N–H and O–H groups in total. The molecule has 138 valence electrons. The summed E-state index contributed by atoms with van der Waals surface area (Å²) in [4.78, 5) is 39.8. The molecular formula is C17H18N8O2. The number of anilines is 3. The molecule has 0 bridgehead atoms. The number of nitrogens with zero attached hydrogens (tertiary/aromatic N) is 4. The lowest BCUT2D eigenvalue weighted by Gasteiger charge is -2.15. The number of rotatable bonds is 7. The molecule has 3 rings (SSSR count). The van der Waals surface area contributed by atoms with E-state index < -0.39 is 17.9 Å². The molecule has 0 fully saturated rings. The van der Waals surface area contributed by atoms with Gasteiger partial charge in [0.05, 0.1) is 18.1 Å². The summed E-state index contributed by atoms with van der Waals surface area (Å²) in [6.45, 7) is 1.81. The van der Waals surface area contributed by atoms with Gasteiger partial charge >= 0.3 is 0 Å². The van der Waals surface area contributed by atoms with E-state index in [0.717, 1.165) is 5.39 Å². The van der Waals surface area contributed by atoms with Crippen LogP contribution in [0.5, 0.6) is 0 Å². The molecule has 1 atom stereocenters. The van der Waals surface area contributed by atoms with Crippen LogP contribution in [0, 0.1) is 0 Å². The van der Waals surface area contributed by atoms with Crippen LogP contribution in [0.1, 0.15) is 23.8 Å². The molecule has 2 amide bonds. The molecule has 0 aromatic carbocycles. The predicted octanol–water partition coefficient (Wildman–Crippen LogP) is 0.938. The van der Waals surface area contributed by atoms with Crippen molar-refractivity contribution in [2.45, 2.75) is 19.4 Å². The monoisotopic (exact) mass is 366 g/mol. The van der Waals surface area contributed by atoms with Crippen molar-refractivity contribution in [2.75, 3.05) is 10.6 Å². The maximum Gasteiger partial charge on any atom is 0.271 e. The number of primary amides is 2. The molecule has 0 aliphatic heterocycles. The van der Waals surface area contributed by atoms with E-state index in [2.05, 4.69) is 30.6 Å². The van der Waals surface area contributed by atoms with Gasteiger partial charge in [-0.25, -0.2) is 19.9 Å². The van der Waals surface area contributed by atoms with E-state index in [-0.39, 0.29) is 17.3 Å². The highest BCUT2D eigenvalue weighted by atomic mass is 16.1. The zero-order valence-corrected chi connectivity index (χ0v) is 14.5. The van der Waals surface area contributed by atoms with Gasteiger partial charge in [0, 0.05) is 11.6 Å². The average Bonchev–Trinajstić information content (AvgIpc) is 2.65. The molecule has 3 aromatic heterocycles. The molecule has 0 aliphatic carbocycles. The lowest BCUT2D eigenvalue weighted by atomic mass is 10.2. The van der Waals surface area contributed by atoms with Crippen molar-refractivity contribution in [1.29, 1.82) is 0 Å². The van der Waals surface area contributed by atoms with Crippen molar-refractivity contribution in [3.63, 3.8) is 0 Å². The zero-order valence-electron chi connectivity index (χ0n) is 14.5. The molecule has 0 radical (unpaired) electrons. The number of hydrogen-bond donors (Lipinski definition) is 4. The van der Waals surface area contributed by atoms with E-state index in [9.17, 15) is 9.59 Å². The van der Waals surface area contributed by atoms with Gasteiger partial charge in [-0.1, -0.05) is 6.92 Å². The Balaban J connectivity index is 1.94. The van der Waals surface area contributed by atoms with Crippen molar-refractivity contribution in [1.82, 2.24) is 19.9 Å². The van der Waals surface area contributed by atoms with E-state index in [1.165, 1.54) is 6.20 Å². The summed E-state index contributed by atoms with van der Waals surface area (Å²) in [6.07, 6.45) is 5.00. The van der Waals surface area contributed by atoms with Gasteiger partial charge in [0.1, 0.15) is 11.9 Å². The summed E-state index contributed by atoms with van der Waals surface area (Å²) in [5.41, 5.74) is 11.8. The smallest absolute Gasteiger partial charge is 0.271 e. The molecule has 10 heteroatoms. The van der Waals surface area contributed by atoms with Gasteiger partial charge in [-0.2, -0.15) is 0 Å². The molecule has 0 spiro atoms. The Bertz CT molecular complexity index is 1010. The zero-order chi connectivity index (χ0) is 19.4. The third-order valence-corrected chi connectivity index (χ3v) is 3.80. The van der Waals surface area contributed by atoms with Crippen molar-refractivity contribution >= 4 is 40.2 Å². The first-order chi connectivity index (χ1) is 13.0. The Morgan fingerprint density at radius 1 is 1.19 bits per heavy atom. The standard InChI is InChI=1S/C17H18N8O2/c1-2-11(14(18)26)24-12-8-21-13(15(19)27)17(25-12)23-10-6-9-4-3-5-20-16(9)22-7-10/h3-8,11H,2H2,1H3,(H2,18,26)(H2,19,27)(H2,23,24,25)/t11-/m1/s1. The summed E-state index contributed by atoms with van der Waals surface area (Å²) in [5, 5.41) is 6.68. The minimum atomic E-state index is -0.742. The third-order valence-electron chi connectivity index (χ3n) is 3.80. The van der Waals surface area contributed by atoms with Crippen LogP contribution in [0.2, 0.25) is 0 Å². The molecule has 27 heavy (non-hydrogen) atoms. The normalized spacial score (nSPS) is 11.7. The van der Waals surface area contributed by atoms with Gasteiger partial charge in [0.25, 0.3) is 5.91 Å². The van der Waals surface area contributed by atoms with Crippen LogP contribution in [0.15, 0.2) is 36.8 Å².